The first-order valence-corrected chi connectivity index (χ1v) is 10.5. The monoisotopic (exact) mass is 414 g/mol. The van der Waals surface area contributed by atoms with Crippen LogP contribution in [0.15, 0.2) is 42.5 Å². The summed E-state index contributed by atoms with van der Waals surface area (Å²) in [5.74, 6) is -0.518. The smallest absolute Gasteiger partial charge is 0.227 e. The predicted molar refractivity (Wildman–Crippen MR) is 110 cm³/mol. The lowest BCUT2D eigenvalue weighted by Crippen LogP contribution is -2.46. The fourth-order valence-electron chi connectivity index (χ4n) is 4.33. The number of benzene rings is 2. The van der Waals surface area contributed by atoms with E-state index in [9.17, 15) is 14.0 Å². The number of fused-ring (bicyclic) bond motifs is 1. The van der Waals surface area contributed by atoms with Gasteiger partial charge in [0.25, 0.3) is 0 Å². The van der Waals surface area contributed by atoms with Gasteiger partial charge in [-0.05, 0) is 66.6 Å². The van der Waals surface area contributed by atoms with Crippen LogP contribution in [0.2, 0.25) is 5.02 Å². The standard InChI is InChI=1S/C23H24ClFN2O2/c24-18-6-9-20-16(13-18)5-10-21(20)26-23(29)17-2-1-11-27(14-17)22(28)12-15-3-7-19(25)8-4-15/h3-4,6-9,13,17,21H,1-2,5,10-12,14H2,(H,26,29). The Bertz CT molecular complexity index is 916. The molecule has 1 saturated heterocycles. The summed E-state index contributed by atoms with van der Waals surface area (Å²) in [6.07, 6.45) is 3.61. The van der Waals surface area contributed by atoms with E-state index >= 15 is 0 Å². The molecular formula is C23H24ClFN2O2. The summed E-state index contributed by atoms with van der Waals surface area (Å²) >= 11 is 6.07. The maximum absolute atomic E-state index is 13.1. The molecule has 2 amide bonds. The SMILES string of the molecule is O=C(NC1CCc2cc(Cl)ccc21)C1CCCN(C(=O)Cc2ccc(F)cc2)C1. The van der Waals surface area contributed by atoms with Crippen LogP contribution in [-0.4, -0.2) is 29.8 Å². The van der Waals surface area contributed by atoms with Crippen molar-refractivity contribution in [1.82, 2.24) is 10.2 Å². The van der Waals surface area contributed by atoms with Crippen LogP contribution in [0.3, 0.4) is 0 Å². The molecule has 29 heavy (non-hydrogen) atoms. The van der Waals surface area contributed by atoms with Crippen LogP contribution in [0.5, 0.6) is 0 Å². The highest BCUT2D eigenvalue weighted by atomic mass is 35.5. The number of likely N-dealkylation sites (tertiary alicyclic amines) is 1. The van der Waals surface area contributed by atoms with Gasteiger partial charge in [-0.2, -0.15) is 0 Å². The molecule has 0 bridgehead atoms. The van der Waals surface area contributed by atoms with E-state index in [1.54, 1.807) is 17.0 Å². The van der Waals surface area contributed by atoms with Gasteiger partial charge in [-0.25, -0.2) is 4.39 Å². The Hall–Kier alpha value is -2.40. The van der Waals surface area contributed by atoms with Crippen LogP contribution in [0.1, 0.15) is 42.0 Å². The molecule has 4 nitrogen and oxygen atoms in total. The van der Waals surface area contributed by atoms with Gasteiger partial charge >= 0.3 is 0 Å². The number of nitrogens with one attached hydrogen (secondary N) is 1. The number of carbonyl (C=O) groups excluding carboxylic acids is 2. The zero-order chi connectivity index (χ0) is 20.4. The molecule has 2 aromatic rings. The molecule has 4 rings (SSSR count). The number of hydrogen-bond acceptors (Lipinski definition) is 2. The first-order chi connectivity index (χ1) is 14.0. The van der Waals surface area contributed by atoms with E-state index in [-0.39, 0.29) is 36.0 Å². The van der Waals surface area contributed by atoms with E-state index in [2.05, 4.69) is 5.32 Å². The van der Waals surface area contributed by atoms with Crippen LogP contribution in [-0.2, 0) is 22.4 Å². The van der Waals surface area contributed by atoms with Crippen molar-refractivity contribution >= 4 is 23.4 Å². The topological polar surface area (TPSA) is 49.4 Å². The highest BCUT2D eigenvalue weighted by Crippen LogP contribution is 2.33. The molecule has 2 atom stereocenters. The summed E-state index contributed by atoms with van der Waals surface area (Å²) in [6.45, 7) is 1.10. The molecule has 2 aromatic carbocycles. The molecule has 0 aromatic heterocycles. The van der Waals surface area contributed by atoms with Crippen molar-refractivity contribution in [3.8, 4) is 0 Å². The molecule has 1 heterocycles. The number of nitrogens with zero attached hydrogens (tertiary/aromatic N) is 1. The summed E-state index contributed by atoms with van der Waals surface area (Å²) in [7, 11) is 0. The van der Waals surface area contributed by atoms with Gasteiger partial charge in [0.05, 0.1) is 18.4 Å². The maximum Gasteiger partial charge on any atom is 0.227 e. The molecule has 0 spiro atoms. The van der Waals surface area contributed by atoms with Crippen LogP contribution >= 0.6 is 11.6 Å². The van der Waals surface area contributed by atoms with Crippen molar-refractivity contribution in [2.75, 3.05) is 13.1 Å². The van der Waals surface area contributed by atoms with E-state index in [1.165, 1.54) is 17.7 Å². The minimum Gasteiger partial charge on any atom is -0.349 e. The molecule has 6 heteroatoms. The van der Waals surface area contributed by atoms with Crippen LogP contribution in [0.4, 0.5) is 4.39 Å². The molecule has 1 N–H and O–H groups in total. The van der Waals surface area contributed by atoms with E-state index in [4.69, 9.17) is 11.6 Å². The Morgan fingerprint density at radius 2 is 1.93 bits per heavy atom. The Labute approximate surface area is 175 Å². The van der Waals surface area contributed by atoms with Gasteiger partial charge in [-0.3, -0.25) is 9.59 Å². The highest BCUT2D eigenvalue weighted by molar-refractivity contribution is 6.30. The predicted octanol–water partition coefficient (Wildman–Crippen LogP) is 4.06. The Morgan fingerprint density at radius 1 is 1.14 bits per heavy atom. The van der Waals surface area contributed by atoms with Crippen molar-refractivity contribution in [3.05, 3.63) is 70.0 Å². The number of halogens is 2. The molecule has 1 fully saturated rings. The fraction of sp³-hybridized carbons (Fsp3) is 0.391. The molecule has 152 valence electrons. The molecular weight excluding hydrogens is 391 g/mol. The van der Waals surface area contributed by atoms with Crippen molar-refractivity contribution in [2.24, 2.45) is 5.92 Å². The van der Waals surface area contributed by atoms with E-state index in [1.807, 2.05) is 18.2 Å². The lowest BCUT2D eigenvalue weighted by atomic mass is 9.95. The molecule has 0 saturated carbocycles. The summed E-state index contributed by atoms with van der Waals surface area (Å²) in [4.78, 5) is 27.3. The second kappa shape index (κ2) is 8.54. The van der Waals surface area contributed by atoms with Gasteiger partial charge < -0.3 is 10.2 Å². The largest absolute Gasteiger partial charge is 0.349 e. The fourth-order valence-corrected chi connectivity index (χ4v) is 4.53. The Kier molecular flexibility index (Phi) is 5.86. The van der Waals surface area contributed by atoms with Gasteiger partial charge in [0.1, 0.15) is 5.82 Å². The molecule has 2 unspecified atom stereocenters. The highest BCUT2D eigenvalue weighted by Gasteiger charge is 2.31. The Morgan fingerprint density at radius 3 is 2.72 bits per heavy atom. The third-order valence-corrected chi connectivity index (χ3v) is 6.15. The molecule has 2 aliphatic rings. The van der Waals surface area contributed by atoms with Gasteiger partial charge in [-0.1, -0.05) is 29.8 Å². The van der Waals surface area contributed by atoms with E-state index < -0.39 is 0 Å². The summed E-state index contributed by atoms with van der Waals surface area (Å²) in [5.41, 5.74) is 3.12. The molecule has 1 aliphatic heterocycles. The summed E-state index contributed by atoms with van der Waals surface area (Å²) in [5, 5.41) is 3.90. The molecule has 1 aliphatic carbocycles. The average Bonchev–Trinajstić information content (AvgIpc) is 3.11. The number of rotatable bonds is 4. The summed E-state index contributed by atoms with van der Waals surface area (Å²) < 4.78 is 13.1. The van der Waals surface area contributed by atoms with Gasteiger partial charge in [-0.15, -0.1) is 0 Å². The van der Waals surface area contributed by atoms with Crippen molar-refractivity contribution in [2.45, 2.75) is 38.1 Å². The number of aryl methyl sites for hydroxylation is 1. The number of hydrogen-bond donors (Lipinski definition) is 1. The maximum atomic E-state index is 13.1. The first-order valence-electron chi connectivity index (χ1n) is 10.1. The minimum atomic E-state index is -0.313. The second-order valence-corrected chi connectivity index (χ2v) is 8.36. The summed E-state index contributed by atoms with van der Waals surface area (Å²) in [6, 6.07) is 11.8. The quantitative estimate of drug-likeness (QED) is 0.820. The first kappa shape index (κ1) is 19.9. The van der Waals surface area contributed by atoms with Crippen molar-refractivity contribution in [1.29, 1.82) is 0 Å². The van der Waals surface area contributed by atoms with Crippen LogP contribution in [0, 0.1) is 11.7 Å². The van der Waals surface area contributed by atoms with Gasteiger partial charge in [0, 0.05) is 18.1 Å². The van der Waals surface area contributed by atoms with Crippen molar-refractivity contribution in [3.63, 3.8) is 0 Å². The second-order valence-electron chi connectivity index (χ2n) is 7.93. The number of amides is 2. The van der Waals surface area contributed by atoms with Crippen molar-refractivity contribution < 1.29 is 14.0 Å². The lowest BCUT2D eigenvalue weighted by molar-refractivity contribution is -0.135. The molecule has 0 radical (unpaired) electrons. The van der Waals surface area contributed by atoms with Crippen LogP contribution < -0.4 is 5.32 Å². The van der Waals surface area contributed by atoms with E-state index in [0.717, 1.165) is 41.8 Å². The zero-order valence-corrected chi connectivity index (χ0v) is 16.9. The van der Waals surface area contributed by atoms with Crippen LogP contribution in [0.25, 0.3) is 0 Å². The third-order valence-electron chi connectivity index (χ3n) is 5.91. The van der Waals surface area contributed by atoms with Gasteiger partial charge in [0.15, 0.2) is 0 Å². The minimum absolute atomic E-state index is 0.0112. The number of carbonyl (C=O) groups is 2. The Balaban J connectivity index is 1.35. The van der Waals surface area contributed by atoms with E-state index in [0.29, 0.717) is 13.1 Å². The normalized spacial score (nSPS) is 21.0. The lowest BCUT2D eigenvalue weighted by Gasteiger charge is -2.33. The van der Waals surface area contributed by atoms with Gasteiger partial charge in [0.2, 0.25) is 11.8 Å². The average molecular weight is 415 g/mol. The number of piperidine rings is 1. The zero-order valence-electron chi connectivity index (χ0n) is 16.2. The third kappa shape index (κ3) is 4.61.